The first-order valence-corrected chi connectivity index (χ1v) is 10.5. The summed E-state index contributed by atoms with van der Waals surface area (Å²) in [7, 11) is 0. The van der Waals surface area contributed by atoms with Gasteiger partial charge in [0.15, 0.2) is 5.75 Å². The molecule has 5 heteroatoms. The van der Waals surface area contributed by atoms with Crippen molar-refractivity contribution in [3.8, 4) is 16.9 Å². The van der Waals surface area contributed by atoms with Crippen LogP contribution in [0.4, 0.5) is 11.6 Å². The van der Waals surface area contributed by atoms with Crippen LogP contribution in [0.1, 0.15) is 29.3 Å². The van der Waals surface area contributed by atoms with Crippen molar-refractivity contribution in [1.29, 1.82) is 0 Å². The number of aromatic hydroxyl groups is 1. The van der Waals surface area contributed by atoms with Crippen LogP contribution in [0.2, 0.25) is 0 Å². The quantitative estimate of drug-likeness (QED) is 0.499. The predicted molar refractivity (Wildman–Crippen MR) is 122 cm³/mol. The molecular formula is C25H26N4O. The number of aryl methyl sites for hydroxylation is 2. The summed E-state index contributed by atoms with van der Waals surface area (Å²) in [6.45, 7) is 10.4. The second kappa shape index (κ2) is 6.87. The lowest BCUT2D eigenvalue weighted by atomic mass is 9.89. The summed E-state index contributed by atoms with van der Waals surface area (Å²) in [6.07, 6.45) is 3.89. The van der Waals surface area contributed by atoms with Gasteiger partial charge >= 0.3 is 0 Å². The largest absolute Gasteiger partial charge is 0.505 e. The van der Waals surface area contributed by atoms with Crippen molar-refractivity contribution in [2.24, 2.45) is 0 Å². The zero-order chi connectivity index (χ0) is 21.0. The number of benzene rings is 2. The van der Waals surface area contributed by atoms with E-state index in [1.165, 1.54) is 62.5 Å². The Balaban J connectivity index is 1.85. The van der Waals surface area contributed by atoms with Crippen molar-refractivity contribution in [3.63, 3.8) is 0 Å². The van der Waals surface area contributed by atoms with Gasteiger partial charge in [0, 0.05) is 24.2 Å². The van der Waals surface area contributed by atoms with Crippen LogP contribution >= 0.6 is 0 Å². The SMILES string of the molecule is CCc1c(C)c2c3c(cc(C)n3CCN2c2ncc(O)cn2)c1-c1ccc(C)cc1. The lowest BCUT2D eigenvalue weighted by molar-refractivity contribution is 0.469. The van der Waals surface area contributed by atoms with Crippen LogP contribution in [-0.4, -0.2) is 26.2 Å². The molecule has 0 bridgehead atoms. The first-order chi connectivity index (χ1) is 14.5. The van der Waals surface area contributed by atoms with Gasteiger partial charge in [-0.1, -0.05) is 36.8 Å². The smallest absolute Gasteiger partial charge is 0.230 e. The van der Waals surface area contributed by atoms with Crippen molar-refractivity contribution < 1.29 is 5.11 Å². The van der Waals surface area contributed by atoms with Gasteiger partial charge in [-0.3, -0.25) is 0 Å². The fourth-order valence-corrected chi connectivity index (χ4v) is 4.87. The van der Waals surface area contributed by atoms with Crippen molar-refractivity contribution in [2.75, 3.05) is 11.4 Å². The minimum Gasteiger partial charge on any atom is -0.505 e. The van der Waals surface area contributed by atoms with Gasteiger partial charge in [0.2, 0.25) is 5.95 Å². The molecule has 4 aromatic rings. The van der Waals surface area contributed by atoms with E-state index in [2.05, 4.69) is 77.5 Å². The minimum absolute atomic E-state index is 0.0841. The Bertz CT molecular complexity index is 1250. The normalized spacial score (nSPS) is 13.3. The number of anilines is 2. The molecule has 0 saturated carbocycles. The number of hydrogen-bond acceptors (Lipinski definition) is 4. The monoisotopic (exact) mass is 398 g/mol. The van der Waals surface area contributed by atoms with Crippen molar-refractivity contribution in [1.82, 2.24) is 14.5 Å². The van der Waals surface area contributed by atoms with Gasteiger partial charge < -0.3 is 14.6 Å². The van der Waals surface area contributed by atoms with E-state index in [-0.39, 0.29) is 5.75 Å². The highest BCUT2D eigenvalue weighted by atomic mass is 16.3. The van der Waals surface area contributed by atoms with Crippen molar-refractivity contribution >= 4 is 22.5 Å². The maximum absolute atomic E-state index is 9.64. The third-order valence-corrected chi connectivity index (χ3v) is 6.28. The highest BCUT2D eigenvalue weighted by Gasteiger charge is 2.29. The predicted octanol–water partition coefficient (Wildman–Crippen LogP) is 5.44. The van der Waals surface area contributed by atoms with Crippen molar-refractivity contribution in [2.45, 2.75) is 40.7 Å². The summed E-state index contributed by atoms with van der Waals surface area (Å²) in [5.41, 5.74) is 10.2. The summed E-state index contributed by atoms with van der Waals surface area (Å²) in [5, 5.41) is 10.9. The molecule has 152 valence electrons. The fraction of sp³-hybridized carbons (Fsp3) is 0.280. The van der Waals surface area contributed by atoms with Crippen LogP contribution in [0.25, 0.3) is 22.0 Å². The molecule has 0 fully saturated rings. The number of nitrogens with zero attached hydrogens (tertiary/aromatic N) is 4. The Hall–Kier alpha value is -3.34. The van der Waals surface area contributed by atoms with Crippen LogP contribution in [0, 0.1) is 20.8 Å². The van der Waals surface area contributed by atoms with Crippen LogP contribution in [0.3, 0.4) is 0 Å². The average molecular weight is 399 g/mol. The first kappa shape index (κ1) is 18.7. The first-order valence-electron chi connectivity index (χ1n) is 10.5. The molecule has 0 amide bonds. The molecule has 3 heterocycles. The number of aromatic nitrogens is 3. The van der Waals surface area contributed by atoms with Gasteiger partial charge in [-0.15, -0.1) is 0 Å². The fourth-order valence-electron chi connectivity index (χ4n) is 4.87. The molecule has 1 aliphatic heterocycles. The van der Waals surface area contributed by atoms with E-state index in [1.54, 1.807) is 0 Å². The lowest BCUT2D eigenvalue weighted by Crippen LogP contribution is -2.30. The highest BCUT2D eigenvalue weighted by molar-refractivity contribution is 6.07. The second-order valence-electron chi connectivity index (χ2n) is 8.14. The summed E-state index contributed by atoms with van der Waals surface area (Å²) in [6, 6.07) is 11.2. The maximum Gasteiger partial charge on any atom is 0.230 e. The molecule has 0 saturated heterocycles. The third kappa shape index (κ3) is 2.69. The maximum atomic E-state index is 9.64. The van der Waals surface area contributed by atoms with E-state index in [0.717, 1.165) is 19.5 Å². The van der Waals surface area contributed by atoms with Crippen molar-refractivity contribution in [3.05, 3.63) is 65.1 Å². The van der Waals surface area contributed by atoms with E-state index in [4.69, 9.17) is 0 Å². The molecule has 1 N–H and O–H groups in total. The molecule has 2 aromatic carbocycles. The van der Waals surface area contributed by atoms with Crippen LogP contribution in [0.15, 0.2) is 42.7 Å². The molecule has 30 heavy (non-hydrogen) atoms. The zero-order valence-corrected chi connectivity index (χ0v) is 17.9. The molecule has 0 aliphatic carbocycles. The van der Waals surface area contributed by atoms with Gasteiger partial charge in [-0.05, 0) is 55.5 Å². The Kier molecular flexibility index (Phi) is 4.28. The molecule has 0 radical (unpaired) electrons. The Morgan fingerprint density at radius 1 is 1.00 bits per heavy atom. The number of rotatable bonds is 3. The molecule has 1 aliphatic rings. The molecule has 2 aromatic heterocycles. The van der Waals surface area contributed by atoms with E-state index < -0.39 is 0 Å². The van der Waals surface area contributed by atoms with E-state index in [9.17, 15) is 5.11 Å². The average Bonchev–Trinajstić information content (AvgIpc) is 3.08. The van der Waals surface area contributed by atoms with Gasteiger partial charge in [-0.2, -0.15) is 0 Å². The van der Waals surface area contributed by atoms with Crippen LogP contribution < -0.4 is 4.90 Å². The molecule has 0 spiro atoms. The van der Waals surface area contributed by atoms with E-state index in [1.807, 2.05) is 0 Å². The third-order valence-electron chi connectivity index (χ3n) is 6.28. The summed E-state index contributed by atoms with van der Waals surface area (Å²) < 4.78 is 2.42. The highest BCUT2D eigenvalue weighted by Crippen LogP contribution is 2.46. The molecule has 5 rings (SSSR count). The lowest BCUT2D eigenvalue weighted by Gasteiger charge is -2.33. The summed E-state index contributed by atoms with van der Waals surface area (Å²) in [4.78, 5) is 11.0. The van der Waals surface area contributed by atoms with E-state index in [0.29, 0.717) is 5.95 Å². The standard InChI is InChI=1S/C25H26N4O/c1-5-20-17(4)23-24-21(22(20)18-8-6-15(2)7-9-18)12-16(3)28(24)10-11-29(23)25-26-13-19(30)14-27-25/h6-9,12-14,30H,5,10-11H2,1-4H3. The second-order valence-corrected chi connectivity index (χ2v) is 8.14. The zero-order valence-electron chi connectivity index (χ0n) is 17.9. The Labute approximate surface area is 176 Å². The molecule has 5 nitrogen and oxygen atoms in total. The Morgan fingerprint density at radius 2 is 1.70 bits per heavy atom. The molecular weight excluding hydrogens is 372 g/mol. The summed E-state index contributed by atoms with van der Waals surface area (Å²) >= 11 is 0. The van der Waals surface area contributed by atoms with Crippen LogP contribution in [0.5, 0.6) is 5.75 Å². The van der Waals surface area contributed by atoms with Crippen LogP contribution in [-0.2, 0) is 13.0 Å². The Morgan fingerprint density at radius 3 is 2.37 bits per heavy atom. The minimum atomic E-state index is 0.0841. The van der Waals surface area contributed by atoms with Gasteiger partial charge in [0.25, 0.3) is 0 Å². The topological polar surface area (TPSA) is 54.2 Å². The van der Waals surface area contributed by atoms with E-state index >= 15 is 0 Å². The molecule has 0 unspecified atom stereocenters. The summed E-state index contributed by atoms with van der Waals surface area (Å²) in [5.74, 6) is 0.716. The van der Waals surface area contributed by atoms with Gasteiger partial charge in [-0.25, -0.2) is 9.97 Å². The number of hydrogen-bond donors (Lipinski definition) is 1. The van der Waals surface area contributed by atoms with Gasteiger partial charge in [0.05, 0.1) is 23.6 Å². The van der Waals surface area contributed by atoms with Gasteiger partial charge in [0.1, 0.15) is 0 Å². The molecule has 0 atom stereocenters.